The van der Waals surface area contributed by atoms with E-state index < -0.39 is 0 Å². The van der Waals surface area contributed by atoms with Crippen LogP contribution in [0.5, 0.6) is 0 Å². The molecule has 134 valence electrons. The van der Waals surface area contributed by atoms with Crippen molar-refractivity contribution in [2.24, 2.45) is 7.05 Å². The highest BCUT2D eigenvalue weighted by Gasteiger charge is 2.25. The molecule has 0 spiro atoms. The molecular formula is C17H19N7O2. The Morgan fingerprint density at radius 1 is 1.23 bits per heavy atom. The van der Waals surface area contributed by atoms with Gasteiger partial charge in [0.25, 0.3) is 11.5 Å². The van der Waals surface area contributed by atoms with Crippen LogP contribution in [-0.4, -0.2) is 46.2 Å². The summed E-state index contributed by atoms with van der Waals surface area (Å²) < 4.78 is 5.39. The number of pyridine rings is 1. The van der Waals surface area contributed by atoms with Crippen molar-refractivity contribution in [1.82, 2.24) is 33.8 Å². The van der Waals surface area contributed by atoms with E-state index in [0.29, 0.717) is 19.6 Å². The Morgan fingerprint density at radius 3 is 2.92 bits per heavy atom. The lowest BCUT2D eigenvalue weighted by Crippen LogP contribution is -2.36. The Labute approximate surface area is 149 Å². The molecule has 9 heteroatoms. The topological polar surface area (TPSA) is 90.8 Å². The highest BCUT2D eigenvalue weighted by atomic mass is 16.2. The predicted molar refractivity (Wildman–Crippen MR) is 92.4 cm³/mol. The summed E-state index contributed by atoms with van der Waals surface area (Å²) in [4.78, 5) is 30.8. The summed E-state index contributed by atoms with van der Waals surface area (Å²) in [5, 5.41) is 8.54. The first kappa shape index (κ1) is 16.2. The molecule has 0 aromatic carbocycles. The molecule has 3 aromatic rings. The Balaban J connectivity index is 1.59. The predicted octanol–water partition coefficient (Wildman–Crippen LogP) is 0.268. The number of hydrogen-bond donors (Lipinski definition) is 0. The van der Waals surface area contributed by atoms with Gasteiger partial charge in [-0.15, -0.1) is 10.2 Å². The van der Waals surface area contributed by atoms with Crippen molar-refractivity contribution >= 4 is 5.91 Å². The van der Waals surface area contributed by atoms with Gasteiger partial charge in [-0.1, -0.05) is 0 Å². The van der Waals surface area contributed by atoms with Gasteiger partial charge in [0.15, 0.2) is 11.6 Å². The molecule has 0 radical (unpaired) electrons. The monoisotopic (exact) mass is 353 g/mol. The van der Waals surface area contributed by atoms with Gasteiger partial charge in [0.1, 0.15) is 5.56 Å². The molecule has 3 aromatic heterocycles. The number of nitrogens with zero attached hydrogens (tertiary/aromatic N) is 7. The molecule has 1 aliphatic heterocycles. The van der Waals surface area contributed by atoms with Gasteiger partial charge < -0.3 is 18.6 Å². The van der Waals surface area contributed by atoms with Crippen LogP contribution in [0.15, 0.2) is 41.8 Å². The molecule has 0 saturated carbocycles. The second-order valence-electron chi connectivity index (χ2n) is 6.34. The van der Waals surface area contributed by atoms with Crippen molar-refractivity contribution in [3.8, 4) is 0 Å². The minimum Gasteiger partial charge on any atom is -0.331 e. The van der Waals surface area contributed by atoms with E-state index in [9.17, 15) is 9.59 Å². The fourth-order valence-corrected chi connectivity index (χ4v) is 3.18. The number of carbonyl (C=O) groups is 1. The molecule has 1 amide bonds. The van der Waals surface area contributed by atoms with Crippen molar-refractivity contribution in [1.29, 1.82) is 0 Å². The average molecular weight is 353 g/mol. The first-order chi connectivity index (χ1) is 12.6. The van der Waals surface area contributed by atoms with Gasteiger partial charge in [-0.2, -0.15) is 0 Å². The number of amides is 1. The Hall–Kier alpha value is -3.23. The van der Waals surface area contributed by atoms with E-state index >= 15 is 0 Å². The smallest absolute Gasteiger partial charge is 0.263 e. The quantitative estimate of drug-likeness (QED) is 0.674. The maximum Gasteiger partial charge on any atom is 0.263 e. The number of aromatic nitrogens is 6. The lowest BCUT2D eigenvalue weighted by atomic mass is 10.2. The van der Waals surface area contributed by atoms with Crippen LogP contribution in [0.1, 0.15) is 28.4 Å². The summed E-state index contributed by atoms with van der Waals surface area (Å²) in [5.41, 5.74) is -0.106. The lowest BCUT2D eigenvalue weighted by Gasteiger charge is -2.19. The molecule has 0 unspecified atom stereocenters. The molecule has 0 atom stereocenters. The zero-order valence-corrected chi connectivity index (χ0v) is 14.4. The zero-order chi connectivity index (χ0) is 18.1. The van der Waals surface area contributed by atoms with E-state index in [1.165, 1.54) is 4.57 Å². The van der Waals surface area contributed by atoms with Gasteiger partial charge >= 0.3 is 0 Å². The SMILES string of the molecule is Cn1cccc(C(=O)N2CCCn3c(nnc3Cn3ccnc3)C2)c1=O. The summed E-state index contributed by atoms with van der Waals surface area (Å²) in [6.07, 6.45) is 7.75. The van der Waals surface area contributed by atoms with Gasteiger partial charge in [-0.25, -0.2) is 4.98 Å². The molecule has 0 N–H and O–H groups in total. The third-order valence-electron chi connectivity index (χ3n) is 4.57. The van der Waals surface area contributed by atoms with Crippen molar-refractivity contribution in [2.45, 2.75) is 26.1 Å². The van der Waals surface area contributed by atoms with Gasteiger partial charge in [0.05, 0.1) is 19.4 Å². The van der Waals surface area contributed by atoms with Crippen molar-refractivity contribution < 1.29 is 4.79 Å². The molecule has 0 aliphatic carbocycles. The first-order valence-electron chi connectivity index (χ1n) is 8.45. The molecular weight excluding hydrogens is 334 g/mol. The fraction of sp³-hybridized carbons (Fsp3) is 0.353. The van der Waals surface area contributed by atoms with Crippen molar-refractivity contribution in [3.63, 3.8) is 0 Å². The molecule has 0 saturated heterocycles. The van der Waals surface area contributed by atoms with Crippen LogP contribution in [0.25, 0.3) is 0 Å². The van der Waals surface area contributed by atoms with Crippen LogP contribution in [0.3, 0.4) is 0 Å². The number of imidazole rings is 1. The first-order valence-corrected chi connectivity index (χ1v) is 8.45. The molecule has 4 heterocycles. The number of fused-ring (bicyclic) bond motifs is 1. The Bertz CT molecular complexity index is 987. The maximum atomic E-state index is 12.8. The summed E-state index contributed by atoms with van der Waals surface area (Å²) in [6.45, 7) is 2.24. The van der Waals surface area contributed by atoms with E-state index in [1.807, 2.05) is 10.8 Å². The summed E-state index contributed by atoms with van der Waals surface area (Å²) in [7, 11) is 1.64. The minimum atomic E-state index is -0.288. The highest BCUT2D eigenvalue weighted by Crippen LogP contribution is 2.15. The average Bonchev–Trinajstić information content (AvgIpc) is 3.22. The van der Waals surface area contributed by atoms with Gasteiger partial charge in [-0.3, -0.25) is 9.59 Å². The lowest BCUT2D eigenvalue weighted by molar-refractivity contribution is 0.0741. The van der Waals surface area contributed by atoms with E-state index in [2.05, 4.69) is 19.7 Å². The standard InChI is InChI=1S/C17H19N7O2/c1-21-6-2-4-13(16(21)25)17(26)23-7-3-8-24-14(19-20-15(24)11-23)10-22-9-5-18-12-22/h2,4-6,9,12H,3,7-8,10-11H2,1H3. The van der Waals surface area contributed by atoms with Crippen LogP contribution >= 0.6 is 0 Å². The van der Waals surface area contributed by atoms with Crippen molar-refractivity contribution in [3.05, 3.63) is 64.6 Å². The van der Waals surface area contributed by atoms with Crippen molar-refractivity contribution in [2.75, 3.05) is 6.54 Å². The van der Waals surface area contributed by atoms with E-state index in [0.717, 1.165) is 24.6 Å². The fourth-order valence-electron chi connectivity index (χ4n) is 3.18. The van der Waals surface area contributed by atoms with Crippen LogP contribution < -0.4 is 5.56 Å². The zero-order valence-electron chi connectivity index (χ0n) is 14.4. The van der Waals surface area contributed by atoms with Gasteiger partial charge in [0, 0.05) is 38.7 Å². The number of aryl methyl sites for hydroxylation is 1. The molecule has 26 heavy (non-hydrogen) atoms. The van der Waals surface area contributed by atoms with Crippen LogP contribution in [0.4, 0.5) is 0 Å². The second kappa shape index (κ2) is 6.58. The van der Waals surface area contributed by atoms with Crippen LogP contribution in [0.2, 0.25) is 0 Å². The Morgan fingerprint density at radius 2 is 2.12 bits per heavy atom. The summed E-state index contributed by atoms with van der Waals surface area (Å²) in [5.74, 6) is 1.31. The number of rotatable bonds is 3. The molecule has 4 rings (SSSR count). The third-order valence-corrected chi connectivity index (χ3v) is 4.57. The molecule has 1 aliphatic rings. The minimum absolute atomic E-state index is 0.182. The number of carbonyl (C=O) groups excluding carboxylic acids is 1. The van der Waals surface area contributed by atoms with Crippen LogP contribution in [-0.2, 0) is 26.7 Å². The highest BCUT2D eigenvalue weighted by molar-refractivity contribution is 5.93. The second-order valence-corrected chi connectivity index (χ2v) is 6.34. The van der Waals surface area contributed by atoms with E-state index in [1.54, 1.807) is 42.8 Å². The molecule has 0 fully saturated rings. The third kappa shape index (κ3) is 2.92. The Kier molecular flexibility index (Phi) is 4.11. The largest absolute Gasteiger partial charge is 0.331 e. The van der Waals surface area contributed by atoms with E-state index in [-0.39, 0.29) is 17.0 Å². The molecule has 0 bridgehead atoms. The summed E-state index contributed by atoms with van der Waals surface area (Å²) in [6, 6.07) is 3.28. The van der Waals surface area contributed by atoms with E-state index in [4.69, 9.17) is 0 Å². The number of hydrogen-bond acceptors (Lipinski definition) is 5. The maximum absolute atomic E-state index is 12.8. The van der Waals surface area contributed by atoms with Gasteiger partial charge in [0.2, 0.25) is 0 Å². The summed E-state index contributed by atoms with van der Waals surface area (Å²) >= 11 is 0. The normalized spacial score (nSPS) is 14.1. The molecule has 9 nitrogen and oxygen atoms in total. The van der Waals surface area contributed by atoms with Gasteiger partial charge in [-0.05, 0) is 18.6 Å². The van der Waals surface area contributed by atoms with Crippen LogP contribution in [0, 0.1) is 0 Å².